The van der Waals surface area contributed by atoms with Gasteiger partial charge in [-0.2, -0.15) is 0 Å². The second-order valence-corrected chi connectivity index (χ2v) is 6.20. The zero-order chi connectivity index (χ0) is 17.9. The second kappa shape index (κ2) is 10.6. The van der Waals surface area contributed by atoms with Crippen LogP contribution < -0.4 is 0 Å². The van der Waals surface area contributed by atoms with E-state index in [-0.39, 0.29) is 6.42 Å². The Morgan fingerprint density at radius 1 is 1.04 bits per heavy atom. The standard InChI is InChI=1S/C16H25NO6/c1-17(2,3)12-13(11-15(20)21)23-16(22)10-8-6-4-5-7-9-14(18)19/h7-10,13H,4-6,11-12H2,1-3H3,(H-,18,19,20,21)/p+1/b9-7+,10-8+. The number of rotatable bonds is 11. The molecule has 1 atom stereocenters. The number of quaternary nitrogens is 1. The van der Waals surface area contributed by atoms with Gasteiger partial charge in [-0.05, 0) is 19.3 Å². The summed E-state index contributed by atoms with van der Waals surface area (Å²) in [7, 11) is 5.68. The van der Waals surface area contributed by atoms with Crippen LogP contribution in [0.2, 0.25) is 0 Å². The maximum Gasteiger partial charge on any atom is 0.330 e. The minimum absolute atomic E-state index is 0.227. The van der Waals surface area contributed by atoms with E-state index >= 15 is 0 Å². The second-order valence-electron chi connectivity index (χ2n) is 6.20. The monoisotopic (exact) mass is 328 g/mol. The number of likely N-dealkylation sites (N-methyl/N-ethyl adjacent to an activating group) is 1. The lowest BCUT2D eigenvalue weighted by atomic mass is 10.2. The topological polar surface area (TPSA) is 101 Å². The number of aliphatic carboxylic acids is 2. The van der Waals surface area contributed by atoms with Crippen LogP contribution >= 0.6 is 0 Å². The van der Waals surface area contributed by atoms with Crippen molar-refractivity contribution in [2.45, 2.75) is 31.8 Å². The summed E-state index contributed by atoms with van der Waals surface area (Å²) in [6.07, 6.45) is 6.58. The van der Waals surface area contributed by atoms with Gasteiger partial charge in [0.1, 0.15) is 6.54 Å². The molecule has 0 aromatic carbocycles. The van der Waals surface area contributed by atoms with Crippen LogP contribution in [0, 0.1) is 0 Å². The van der Waals surface area contributed by atoms with Crippen LogP contribution in [0.3, 0.4) is 0 Å². The van der Waals surface area contributed by atoms with E-state index in [0.717, 1.165) is 6.08 Å². The molecule has 0 radical (unpaired) electrons. The van der Waals surface area contributed by atoms with Crippen LogP contribution in [-0.4, -0.2) is 66.4 Å². The van der Waals surface area contributed by atoms with Gasteiger partial charge in [0.25, 0.3) is 0 Å². The van der Waals surface area contributed by atoms with Gasteiger partial charge in [-0.1, -0.05) is 12.2 Å². The minimum Gasteiger partial charge on any atom is -0.481 e. The minimum atomic E-state index is -1.01. The van der Waals surface area contributed by atoms with Crippen molar-refractivity contribution in [2.24, 2.45) is 0 Å². The fraction of sp³-hybridized carbons (Fsp3) is 0.562. The molecule has 0 aromatic rings. The molecule has 0 aliphatic carbocycles. The zero-order valence-corrected chi connectivity index (χ0v) is 13.9. The summed E-state index contributed by atoms with van der Waals surface area (Å²) in [5, 5.41) is 17.3. The summed E-state index contributed by atoms with van der Waals surface area (Å²) in [6.45, 7) is 0.409. The number of nitrogens with zero attached hydrogens (tertiary/aromatic N) is 1. The van der Waals surface area contributed by atoms with Crippen molar-refractivity contribution in [3.63, 3.8) is 0 Å². The average molecular weight is 328 g/mol. The van der Waals surface area contributed by atoms with Gasteiger partial charge in [0, 0.05) is 12.2 Å². The van der Waals surface area contributed by atoms with Crippen LogP contribution in [0.1, 0.15) is 25.7 Å². The third kappa shape index (κ3) is 14.5. The first-order chi connectivity index (χ1) is 10.6. The van der Waals surface area contributed by atoms with Crippen molar-refractivity contribution in [1.82, 2.24) is 0 Å². The number of ether oxygens (including phenoxy) is 1. The Kier molecular flexibility index (Phi) is 9.57. The van der Waals surface area contributed by atoms with Crippen molar-refractivity contribution < 1.29 is 33.8 Å². The largest absolute Gasteiger partial charge is 0.481 e. The molecule has 0 aromatic heterocycles. The normalized spacial score (nSPS) is 13.3. The molecule has 0 aliphatic heterocycles. The van der Waals surface area contributed by atoms with Crippen LogP contribution in [0.15, 0.2) is 24.3 Å². The van der Waals surface area contributed by atoms with Crippen molar-refractivity contribution in [1.29, 1.82) is 0 Å². The Hall–Kier alpha value is -2.15. The van der Waals surface area contributed by atoms with E-state index < -0.39 is 24.0 Å². The van der Waals surface area contributed by atoms with Gasteiger partial charge in [-0.25, -0.2) is 9.59 Å². The SMILES string of the molecule is C[N+](C)(C)CC(CC(=O)O)OC(=O)/C=C/CCC/C=C/C(=O)O. The van der Waals surface area contributed by atoms with Crippen molar-refractivity contribution in [3.05, 3.63) is 24.3 Å². The number of carbonyl (C=O) groups excluding carboxylic acids is 1. The molecule has 0 aliphatic rings. The fourth-order valence-corrected chi connectivity index (χ4v) is 1.87. The lowest BCUT2D eigenvalue weighted by Gasteiger charge is -2.28. The maximum absolute atomic E-state index is 11.7. The molecule has 0 amide bonds. The summed E-state index contributed by atoms with van der Waals surface area (Å²) >= 11 is 0. The predicted molar refractivity (Wildman–Crippen MR) is 84.8 cm³/mol. The van der Waals surface area contributed by atoms with Gasteiger partial charge < -0.3 is 19.4 Å². The Balaban J connectivity index is 4.22. The van der Waals surface area contributed by atoms with E-state index in [1.165, 1.54) is 6.08 Å². The molecular weight excluding hydrogens is 302 g/mol. The maximum atomic E-state index is 11.7. The molecule has 2 N–H and O–H groups in total. The molecule has 0 bridgehead atoms. The van der Waals surface area contributed by atoms with Gasteiger partial charge >= 0.3 is 17.9 Å². The number of hydrogen-bond donors (Lipinski definition) is 2. The summed E-state index contributed by atoms with van der Waals surface area (Å²) in [4.78, 5) is 32.8. The fourth-order valence-electron chi connectivity index (χ4n) is 1.87. The molecule has 0 fully saturated rings. The van der Waals surface area contributed by atoms with Crippen molar-refractivity contribution >= 4 is 17.9 Å². The third-order valence-corrected chi connectivity index (χ3v) is 2.69. The van der Waals surface area contributed by atoms with E-state index in [2.05, 4.69) is 0 Å². The first-order valence-corrected chi connectivity index (χ1v) is 7.39. The Morgan fingerprint density at radius 2 is 1.61 bits per heavy atom. The molecule has 7 heteroatoms. The van der Waals surface area contributed by atoms with Crippen LogP contribution in [-0.2, 0) is 19.1 Å². The summed E-state index contributed by atoms with van der Waals surface area (Å²) in [5.74, 6) is -2.55. The molecule has 0 saturated heterocycles. The Bertz CT molecular complexity index is 462. The molecule has 0 saturated carbocycles. The number of carbonyl (C=O) groups is 3. The quantitative estimate of drug-likeness (QED) is 0.258. The third-order valence-electron chi connectivity index (χ3n) is 2.69. The smallest absolute Gasteiger partial charge is 0.330 e. The highest BCUT2D eigenvalue weighted by atomic mass is 16.5. The molecule has 23 heavy (non-hydrogen) atoms. The highest BCUT2D eigenvalue weighted by molar-refractivity contribution is 5.82. The van der Waals surface area contributed by atoms with E-state index in [0.29, 0.717) is 30.3 Å². The van der Waals surface area contributed by atoms with Gasteiger partial charge in [0.15, 0.2) is 6.10 Å². The first kappa shape index (κ1) is 20.9. The molecule has 0 spiro atoms. The Morgan fingerprint density at radius 3 is 2.09 bits per heavy atom. The number of carboxylic acid groups (broad SMARTS) is 2. The number of esters is 1. The Labute approximate surface area is 136 Å². The predicted octanol–water partition coefficient (Wildman–Crippen LogP) is 1.45. The first-order valence-electron chi connectivity index (χ1n) is 7.39. The van der Waals surface area contributed by atoms with E-state index in [4.69, 9.17) is 14.9 Å². The van der Waals surface area contributed by atoms with Crippen molar-refractivity contribution in [2.75, 3.05) is 27.7 Å². The summed E-state index contributed by atoms with van der Waals surface area (Å²) in [5.41, 5.74) is 0. The number of hydrogen-bond acceptors (Lipinski definition) is 4. The highest BCUT2D eigenvalue weighted by Crippen LogP contribution is 2.06. The van der Waals surface area contributed by atoms with Crippen LogP contribution in [0.5, 0.6) is 0 Å². The van der Waals surface area contributed by atoms with E-state index in [9.17, 15) is 14.4 Å². The molecule has 1 unspecified atom stereocenters. The molecule has 7 nitrogen and oxygen atoms in total. The number of carboxylic acids is 2. The number of allylic oxidation sites excluding steroid dienone is 2. The average Bonchev–Trinajstić information content (AvgIpc) is 2.34. The molecule has 0 rings (SSSR count). The molecule has 130 valence electrons. The molecular formula is C16H26NO6+. The summed E-state index contributed by atoms with van der Waals surface area (Å²) < 4.78 is 5.67. The zero-order valence-electron chi connectivity index (χ0n) is 13.9. The van der Waals surface area contributed by atoms with Crippen LogP contribution in [0.25, 0.3) is 0 Å². The lowest BCUT2D eigenvalue weighted by molar-refractivity contribution is -0.873. The van der Waals surface area contributed by atoms with Gasteiger partial charge in [-0.15, -0.1) is 0 Å². The number of unbranched alkanes of at least 4 members (excludes halogenated alkanes) is 2. The summed E-state index contributed by atoms with van der Waals surface area (Å²) in [6, 6.07) is 0. The van der Waals surface area contributed by atoms with Gasteiger partial charge in [0.2, 0.25) is 0 Å². The van der Waals surface area contributed by atoms with E-state index in [1.54, 1.807) is 12.2 Å². The highest BCUT2D eigenvalue weighted by Gasteiger charge is 2.23. The van der Waals surface area contributed by atoms with Gasteiger partial charge in [0.05, 0.1) is 27.6 Å². The van der Waals surface area contributed by atoms with Crippen molar-refractivity contribution in [3.8, 4) is 0 Å². The van der Waals surface area contributed by atoms with E-state index in [1.807, 2.05) is 21.1 Å². The lowest BCUT2D eigenvalue weighted by Crippen LogP contribution is -2.43. The molecule has 0 heterocycles. The van der Waals surface area contributed by atoms with Gasteiger partial charge in [-0.3, -0.25) is 4.79 Å². The van der Waals surface area contributed by atoms with Crippen LogP contribution in [0.4, 0.5) is 0 Å².